The van der Waals surface area contributed by atoms with Gasteiger partial charge < -0.3 is 5.32 Å². The number of hydrogen-bond acceptors (Lipinski definition) is 2. The van der Waals surface area contributed by atoms with E-state index in [4.69, 9.17) is 0 Å². The minimum atomic E-state index is -0.0956. The molecule has 1 atom stereocenters. The van der Waals surface area contributed by atoms with E-state index in [1.54, 1.807) is 0 Å². The minimum absolute atomic E-state index is 0.0956. The molecule has 3 nitrogen and oxygen atoms in total. The van der Waals surface area contributed by atoms with Crippen molar-refractivity contribution >= 4 is 5.91 Å². The van der Waals surface area contributed by atoms with Crippen LogP contribution >= 0.6 is 0 Å². The zero-order valence-electron chi connectivity index (χ0n) is 10.9. The van der Waals surface area contributed by atoms with E-state index in [2.05, 4.69) is 29.3 Å². The summed E-state index contributed by atoms with van der Waals surface area (Å²) < 4.78 is 0. The Morgan fingerprint density at radius 1 is 1.35 bits per heavy atom. The van der Waals surface area contributed by atoms with Crippen LogP contribution < -0.4 is 5.32 Å². The Morgan fingerprint density at radius 2 is 2.00 bits per heavy atom. The van der Waals surface area contributed by atoms with Gasteiger partial charge in [-0.2, -0.15) is 0 Å². The smallest absolute Gasteiger partial charge is 0.237 e. The third-order valence-electron chi connectivity index (χ3n) is 2.86. The van der Waals surface area contributed by atoms with Gasteiger partial charge in [0.1, 0.15) is 0 Å². The van der Waals surface area contributed by atoms with E-state index in [-0.39, 0.29) is 11.9 Å². The monoisotopic (exact) mass is 234 g/mol. The van der Waals surface area contributed by atoms with Crippen LogP contribution in [0.4, 0.5) is 0 Å². The predicted octanol–water partition coefficient (Wildman–Crippen LogP) is 2.03. The molecule has 1 amide bonds. The van der Waals surface area contributed by atoms with E-state index in [0.717, 1.165) is 19.5 Å². The highest BCUT2D eigenvalue weighted by Gasteiger charge is 2.17. The summed E-state index contributed by atoms with van der Waals surface area (Å²) in [6.07, 6.45) is 0.973. The fourth-order valence-electron chi connectivity index (χ4n) is 1.60. The highest BCUT2D eigenvalue weighted by atomic mass is 16.2. The molecular formula is C14H22N2O. The number of amides is 1. The topological polar surface area (TPSA) is 32.3 Å². The first-order valence-corrected chi connectivity index (χ1v) is 6.17. The summed E-state index contributed by atoms with van der Waals surface area (Å²) >= 11 is 0. The van der Waals surface area contributed by atoms with E-state index < -0.39 is 0 Å². The molecule has 17 heavy (non-hydrogen) atoms. The zero-order chi connectivity index (χ0) is 12.7. The Bertz CT molecular complexity index is 337. The van der Waals surface area contributed by atoms with Crippen molar-refractivity contribution in [1.29, 1.82) is 0 Å². The molecule has 0 heterocycles. The number of nitrogens with one attached hydrogen (secondary N) is 1. The van der Waals surface area contributed by atoms with Gasteiger partial charge >= 0.3 is 0 Å². The first-order valence-electron chi connectivity index (χ1n) is 6.17. The maximum atomic E-state index is 11.8. The molecule has 0 aromatic heterocycles. The van der Waals surface area contributed by atoms with E-state index in [9.17, 15) is 4.79 Å². The second-order valence-electron chi connectivity index (χ2n) is 4.37. The average molecular weight is 234 g/mol. The van der Waals surface area contributed by atoms with Gasteiger partial charge in [0.15, 0.2) is 0 Å². The van der Waals surface area contributed by atoms with Crippen molar-refractivity contribution in [2.24, 2.45) is 0 Å². The van der Waals surface area contributed by atoms with E-state index in [1.807, 2.05) is 32.2 Å². The molecule has 3 heteroatoms. The van der Waals surface area contributed by atoms with Crippen molar-refractivity contribution < 1.29 is 4.79 Å². The molecule has 0 aliphatic rings. The lowest BCUT2D eigenvalue weighted by molar-refractivity contribution is -0.125. The number of nitrogens with zero attached hydrogens (tertiary/aromatic N) is 1. The summed E-state index contributed by atoms with van der Waals surface area (Å²) in [6.45, 7) is 5.54. The lowest BCUT2D eigenvalue weighted by Gasteiger charge is -2.23. The molecule has 0 radical (unpaired) electrons. The fraction of sp³-hybridized carbons (Fsp3) is 0.500. The van der Waals surface area contributed by atoms with Gasteiger partial charge in [0.05, 0.1) is 6.04 Å². The van der Waals surface area contributed by atoms with Crippen LogP contribution in [0.1, 0.15) is 25.8 Å². The van der Waals surface area contributed by atoms with Gasteiger partial charge in [-0.05, 0) is 26.0 Å². The average Bonchev–Trinajstić information content (AvgIpc) is 2.36. The minimum Gasteiger partial charge on any atom is -0.355 e. The van der Waals surface area contributed by atoms with Crippen LogP contribution in [0.25, 0.3) is 0 Å². The van der Waals surface area contributed by atoms with Crippen molar-refractivity contribution in [2.45, 2.75) is 32.9 Å². The zero-order valence-corrected chi connectivity index (χ0v) is 10.9. The molecule has 1 unspecified atom stereocenters. The van der Waals surface area contributed by atoms with Crippen LogP contribution in [-0.2, 0) is 11.3 Å². The number of benzene rings is 1. The quantitative estimate of drug-likeness (QED) is 0.817. The number of hydrogen-bond donors (Lipinski definition) is 1. The molecule has 94 valence electrons. The Kier molecular flexibility index (Phi) is 5.70. The standard InChI is InChI=1S/C14H22N2O/c1-4-10-15-14(17)12(2)16(3)11-13-8-6-5-7-9-13/h5-9,12H,4,10-11H2,1-3H3,(H,15,17). The maximum Gasteiger partial charge on any atom is 0.237 e. The van der Waals surface area contributed by atoms with Crippen LogP contribution in [0.2, 0.25) is 0 Å². The molecule has 0 bridgehead atoms. The first-order chi connectivity index (χ1) is 8.15. The largest absolute Gasteiger partial charge is 0.355 e. The summed E-state index contributed by atoms with van der Waals surface area (Å²) in [4.78, 5) is 13.8. The summed E-state index contributed by atoms with van der Waals surface area (Å²) in [5.74, 6) is 0.102. The van der Waals surface area contributed by atoms with Gasteiger partial charge in [-0.25, -0.2) is 0 Å². The van der Waals surface area contributed by atoms with E-state index in [0.29, 0.717) is 0 Å². The third kappa shape index (κ3) is 4.57. The fourth-order valence-corrected chi connectivity index (χ4v) is 1.60. The van der Waals surface area contributed by atoms with E-state index in [1.165, 1.54) is 5.56 Å². The SMILES string of the molecule is CCCNC(=O)C(C)N(C)Cc1ccccc1. The molecule has 0 saturated heterocycles. The Hall–Kier alpha value is -1.35. The Morgan fingerprint density at radius 3 is 2.59 bits per heavy atom. The van der Waals surface area contributed by atoms with Gasteiger partial charge in [0.25, 0.3) is 0 Å². The molecule has 1 aromatic carbocycles. The lowest BCUT2D eigenvalue weighted by atomic mass is 10.2. The second kappa shape index (κ2) is 7.07. The molecular weight excluding hydrogens is 212 g/mol. The second-order valence-corrected chi connectivity index (χ2v) is 4.37. The van der Waals surface area contributed by atoms with Crippen LogP contribution in [0.3, 0.4) is 0 Å². The van der Waals surface area contributed by atoms with Gasteiger partial charge in [0, 0.05) is 13.1 Å². The first kappa shape index (κ1) is 13.7. The van der Waals surface area contributed by atoms with Crippen LogP contribution in [0.15, 0.2) is 30.3 Å². The van der Waals surface area contributed by atoms with Gasteiger partial charge in [-0.15, -0.1) is 0 Å². The molecule has 1 aromatic rings. The number of rotatable bonds is 6. The van der Waals surface area contributed by atoms with Crippen LogP contribution in [0, 0.1) is 0 Å². The highest BCUT2D eigenvalue weighted by molar-refractivity contribution is 5.81. The number of carbonyl (C=O) groups is 1. The van der Waals surface area contributed by atoms with Crippen LogP contribution in [-0.4, -0.2) is 30.4 Å². The van der Waals surface area contributed by atoms with Crippen molar-refractivity contribution in [3.8, 4) is 0 Å². The molecule has 0 spiro atoms. The van der Waals surface area contributed by atoms with Crippen molar-refractivity contribution in [3.05, 3.63) is 35.9 Å². The molecule has 0 aliphatic heterocycles. The molecule has 1 rings (SSSR count). The lowest BCUT2D eigenvalue weighted by Crippen LogP contribution is -2.43. The van der Waals surface area contributed by atoms with Gasteiger partial charge in [0.2, 0.25) is 5.91 Å². The maximum absolute atomic E-state index is 11.8. The third-order valence-corrected chi connectivity index (χ3v) is 2.86. The van der Waals surface area contributed by atoms with Crippen molar-refractivity contribution in [3.63, 3.8) is 0 Å². The summed E-state index contributed by atoms with van der Waals surface area (Å²) in [7, 11) is 1.98. The van der Waals surface area contributed by atoms with Crippen molar-refractivity contribution in [1.82, 2.24) is 10.2 Å². The number of carbonyl (C=O) groups excluding carboxylic acids is 1. The van der Waals surface area contributed by atoms with E-state index >= 15 is 0 Å². The van der Waals surface area contributed by atoms with Gasteiger partial charge in [-0.3, -0.25) is 9.69 Å². The summed E-state index contributed by atoms with van der Waals surface area (Å²) in [5, 5.41) is 2.92. The molecule has 0 saturated carbocycles. The molecule has 1 N–H and O–H groups in total. The Labute approximate surface area is 104 Å². The summed E-state index contributed by atoms with van der Waals surface area (Å²) in [5.41, 5.74) is 1.23. The normalized spacial score (nSPS) is 12.5. The predicted molar refractivity (Wildman–Crippen MR) is 70.7 cm³/mol. The van der Waals surface area contributed by atoms with Crippen LogP contribution in [0.5, 0.6) is 0 Å². The summed E-state index contributed by atoms with van der Waals surface area (Å²) in [6, 6.07) is 10.1. The molecule has 0 fully saturated rings. The highest BCUT2D eigenvalue weighted by Crippen LogP contribution is 2.05. The van der Waals surface area contributed by atoms with Gasteiger partial charge in [-0.1, -0.05) is 37.3 Å². The Balaban J connectivity index is 2.46. The number of likely N-dealkylation sites (N-methyl/N-ethyl adjacent to an activating group) is 1. The van der Waals surface area contributed by atoms with Crippen molar-refractivity contribution in [2.75, 3.05) is 13.6 Å². The molecule has 0 aliphatic carbocycles.